The van der Waals surface area contributed by atoms with Gasteiger partial charge in [-0.1, -0.05) is 12.1 Å². The molecule has 0 bridgehead atoms. The summed E-state index contributed by atoms with van der Waals surface area (Å²) in [5.41, 5.74) is 8.59. The smallest absolute Gasteiger partial charge is 0.311 e. The normalized spacial score (nSPS) is 16.0. The maximum atomic E-state index is 11.5. The third-order valence-corrected chi connectivity index (χ3v) is 3.75. The molecular weight excluding hydrogens is 254 g/mol. The quantitative estimate of drug-likeness (QED) is 0.796. The molecule has 0 spiro atoms. The first kappa shape index (κ1) is 14.4. The molecule has 20 heavy (non-hydrogen) atoms. The van der Waals surface area contributed by atoms with E-state index < -0.39 is 11.8 Å². The summed E-state index contributed by atoms with van der Waals surface area (Å²) in [7, 11) is 0. The predicted molar refractivity (Wildman–Crippen MR) is 78.3 cm³/mol. The molecule has 2 amide bonds. The second-order valence-electron chi connectivity index (χ2n) is 5.39. The van der Waals surface area contributed by atoms with Crippen LogP contribution in [-0.2, 0) is 9.59 Å². The van der Waals surface area contributed by atoms with Crippen LogP contribution < -0.4 is 11.1 Å². The molecule has 5 heteroatoms. The fourth-order valence-corrected chi connectivity index (χ4v) is 2.49. The molecule has 0 atom stereocenters. The van der Waals surface area contributed by atoms with Crippen molar-refractivity contribution in [3.63, 3.8) is 0 Å². The minimum absolute atomic E-state index is 0.326. The molecule has 1 aromatic carbocycles. The van der Waals surface area contributed by atoms with Crippen LogP contribution in [0.5, 0.6) is 0 Å². The van der Waals surface area contributed by atoms with Crippen LogP contribution >= 0.6 is 0 Å². The standard InChI is InChI=1S/C15H21N3O2/c1-10-3-4-11(2)13(9-10)17-12-5-7-18(8-6-12)15(20)14(16)19/h3-4,9,12,17H,5-8H2,1-2H3,(H2,16,19). The molecular formula is C15H21N3O2. The average Bonchev–Trinajstić information content (AvgIpc) is 2.43. The van der Waals surface area contributed by atoms with Crippen molar-refractivity contribution >= 4 is 17.5 Å². The van der Waals surface area contributed by atoms with Gasteiger partial charge < -0.3 is 16.0 Å². The summed E-state index contributed by atoms with van der Waals surface area (Å²) in [5.74, 6) is -1.44. The zero-order chi connectivity index (χ0) is 14.7. The van der Waals surface area contributed by atoms with Gasteiger partial charge in [-0.3, -0.25) is 9.59 Å². The lowest BCUT2D eigenvalue weighted by molar-refractivity contribution is -0.144. The van der Waals surface area contributed by atoms with Crippen LogP contribution in [0.25, 0.3) is 0 Å². The van der Waals surface area contributed by atoms with Crippen LogP contribution in [0.1, 0.15) is 24.0 Å². The summed E-state index contributed by atoms with van der Waals surface area (Å²) in [6.45, 7) is 5.29. The number of benzene rings is 1. The van der Waals surface area contributed by atoms with E-state index >= 15 is 0 Å². The molecule has 108 valence electrons. The lowest BCUT2D eigenvalue weighted by atomic mass is 10.0. The number of rotatable bonds is 2. The van der Waals surface area contributed by atoms with Gasteiger partial charge in [0.15, 0.2) is 0 Å². The largest absolute Gasteiger partial charge is 0.382 e. The number of hydrogen-bond donors (Lipinski definition) is 2. The van der Waals surface area contributed by atoms with E-state index in [1.54, 1.807) is 0 Å². The van der Waals surface area contributed by atoms with Gasteiger partial charge in [-0.15, -0.1) is 0 Å². The van der Waals surface area contributed by atoms with Crippen molar-refractivity contribution in [3.8, 4) is 0 Å². The number of hydrogen-bond acceptors (Lipinski definition) is 3. The van der Waals surface area contributed by atoms with E-state index in [9.17, 15) is 9.59 Å². The summed E-state index contributed by atoms with van der Waals surface area (Å²) < 4.78 is 0. The number of likely N-dealkylation sites (tertiary alicyclic amines) is 1. The Morgan fingerprint density at radius 3 is 2.50 bits per heavy atom. The zero-order valence-corrected chi connectivity index (χ0v) is 12.0. The molecule has 3 N–H and O–H groups in total. The lowest BCUT2D eigenvalue weighted by Crippen LogP contribution is -2.47. The summed E-state index contributed by atoms with van der Waals surface area (Å²) in [5, 5.41) is 3.52. The topological polar surface area (TPSA) is 75.4 Å². The van der Waals surface area contributed by atoms with Gasteiger partial charge in [0.2, 0.25) is 0 Å². The Bertz CT molecular complexity index is 520. The second kappa shape index (κ2) is 5.94. The van der Waals surface area contributed by atoms with Gasteiger partial charge in [0.05, 0.1) is 0 Å². The van der Waals surface area contributed by atoms with Crippen molar-refractivity contribution in [2.24, 2.45) is 5.73 Å². The fourth-order valence-electron chi connectivity index (χ4n) is 2.49. The van der Waals surface area contributed by atoms with Crippen molar-refractivity contribution in [1.29, 1.82) is 0 Å². The minimum atomic E-state index is -0.870. The zero-order valence-electron chi connectivity index (χ0n) is 12.0. The van der Waals surface area contributed by atoms with E-state index in [0.717, 1.165) is 18.5 Å². The average molecular weight is 275 g/mol. The first-order chi connectivity index (χ1) is 9.47. The molecule has 5 nitrogen and oxygen atoms in total. The van der Waals surface area contributed by atoms with Crippen LogP contribution in [-0.4, -0.2) is 35.8 Å². The Morgan fingerprint density at radius 2 is 1.90 bits per heavy atom. The fraction of sp³-hybridized carbons (Fsp3) is 0.467. The molecule has 1 heterocycles. The minimum Gasteiger partial charge on any atom is -0.382 e. The molecule has 0 unspecified atom stereocenters. The molecule has 1 aliphatic rings. The Morgan fingerprint density at radius 1 is 1.25 bits per heavy atom. The molecule has 2 rings (SSSR count). The highest BCUT2D eigenvalue weighted by Crippen LogP contribution is 2.21. The van der Waals surface area contributed by atoms with Crippen LogP contribution in [0.4, 0.5) is 5.69 Å². The molecule has 1 saturated heterocycles. The Labute approximate surface area is 119 Å². The number of piperidine rings is 1. The lowest BCUT2D eigenvalue weighted by Gasteiger charge is -2.32. The maximum Gasteiger partial charge on any atom is 0.311 e. The molecule has 1 fully saturated rings. The third kappa shape index (κ3) is 3.29. The monoisotopic (exact) mass is 275 g/mol. The predicted octanol–water partition coefficient (Wildman–Crippen LogP) is 1.19. The molecule has 1 aromatic rings. The van der Waals surface area contributed by atoms with Gasteiger partial charge in [-0.05, 0) is 43.9 Å². The summed E-state index contributed by atoms with van der Waals surface area (Å²) in [6.07, 6.45) is 1.65. The molecule has 0 radical (unpaired) electrons. The molecule has 0 saturated carbocycles. The number of carbonyl (C=O) groups is 2. The number of nitrogens with one attached hydrogen (secondary N) is 1. The van der Waals surface area contributed by atoms with Crippen molar-refractivity contribution in [1.82, 2.24) is 4.90 Å². The maximum absolute atomic E-state index is 11.5. The number of carbonyl (C=O) groups excluding carboxylic acids is 2. The number of amides is 2. The third-order valence-electron chi connectivity index (χ3n) is 3.75. The number of aryl methyl sites for hydroxylation is 2. The van der Waals surface area contributed by atoms with Gasteiger partial charge in [-0.25, -0.2) is 0 Å². The van der Waals surface area contributed by atoms with E-state index in [2.05, 4.69) is 37.4 Å². The summed E-state index contributed by atoms with van der Waals surface area (Å²) >= 11 is 0. The van der Waals surface area contributed by atoms with Crippen molar-refractivity contribution in [3.05, 3.63) is 29.3 Å². The van der Waals surface area contributed by atoms with E-state index in [1.165, 1.54) is 16.0 Å². The van der Waals surface area contributed by atoms with Crippen LogP contribution in [0.3, 0.4) is 0 Å². The first-order valence-electron chi connectivity index (χ1n) is 6.90. The summed E-state index contributed by atoms with van der Waals surface area (Å²) in [6, 6.07) is 6.65. The van der Waals surface area contributed by atoms with Crippen molar-refractivity contribution in [2.45, 2.75) is 32.7 Å². The van der Waals surface area contributed by atoms with Gasteiger partial charge in [0, 0.05) is 24.8 Å². The number of primary amides is 1. The van der Waals surface area contributed by atoms with E-state index in [1.807, 2.05) is 0 Å². The second-order valence-corrected chi connectivity index (χ2v) is 5.39. The Hall–Kier alpha value is -2.04. The van der Waals surface area contributed by atoms with Gasteiger partial charge in [0.25, 0.3) is 0 Å². The van der Waals surface area contributed by atoms with Crippen molar-refractivity contribution < 1.29 is 9.59 Å². The highest BCUT2D eigenvalue weighted by molar-refractivity contribution is 6.34. The van der Waals surface area contributed by atoms with Crippen LogP contribution in [0, 0.1) is 13.8 Å². The molecule has 0 aromatic heterocycles. The van der Waals surface area contributed by atoms with E-state index in [0.29, 0.717) is 19.1 Å². The number of anilines is 1. The van der Waals surface area contributed by atoms with Crippen molar-refractivity contribution in [2.75, 3.05) is 18.4 Å². The molecule has 1 aliphatic heterocycles. The van der Waals surface area contributed by atoms with Gasteiger partial charge in [-0.2, -0.15) is 0 Å². The first-order valence-corrected chi connectivity index (χ1v) is 6.90. The highest BCUT2D eigenvalue weighted by Gasteiger charge is 2.25. The van der Waals surface area contributed by atoms with E-state index in [4.69, 9.17) is 5.73 Å². The highest BCUT2D eigenvalue weighted by atomic mass is 16.2. The van der Waals surface area contributed by atoms with Gasteiger partial charge >= 0.3 is 11.8 Å². The number of nitrogens with zero attached hydrogens (tertiary/aromatic N) is 1. The van der Waals surface area contributed by atoms with Crippen LogP contribution in [0.2, 0.25) is 0 Å². The Kier molecular flexibility index (Phi) is 4.27. The van der Waals surface area contributed by atoms with E-state index in [-0.39, 0.29) is 0 Å². The summed E-state index contributed by atoms with van der Waals surface area (Å²) in [4.78, 5) is 23.9. The molecule has 0 aliphatic carbocycles. The SMILES string of the molecule is Cc1ccc(C)c(NC2CCN(C(=O)C(N)=O)CC2)c1. The van der Waals surface area contributed by atoms with Crippen LogP contribution in [0.15, 0.2) is 18.2 Å². The number of nitrogens with two attached hydrogens (primary N) is 1. The Balaban J connectivity index is 1.93. The van der Waals surface area contributed by atoms with Gasteiger partial charge in [0.1, 0.15) is 0 Å².